The quantitative estimate of drug-likeness (QED) is 0.920. The number of carbonyl (C=O) groups excluding carboxylic acids is 1. The van der Waals surface area contributed by atoms with Gasteiger partial charge in [0.2, 0.25) is 5.82 Å². The molecule has 2 atom stereocenters. The second kappa shape index (κ2) is 5.67. The van der Waals surface area contributed by atoms with Crippen molar-refractivity contribution in [3.63, 3.8) is 0 Å². The molecule has 2 aromatic heterocycles. The molecule has 0 aromatic carbocycles. The van der Waals surface area contributed by atoms with E-state index < -0.39 is 0 Å². The summed E-state index contributed by atoms with van der Waals surface area (Å²) < 4.78 is 2.06. The van der Waals surface area contributed by atoms with Gasteiger partial charge in [0, 0.05) is 43.0 Å². The minimum atomic E-state index is -0.0526. The first-order valence-corrected chi connectivity index (χ1v) is 9.64. The molecule has 1 N–H and O–H groups in total. The van der Waals surface area contributed by atoms with E-state index in [4.69, 9.17) is 0 Å². The number of thiophene rings is 1. The first-order valence-electron chi connectivity index (χ1n) is 8.76. The maximum Gasteiger partial charge on any atom is 0.289 e. The Labute approximate surface area is 144 Å². The highest BCUT2D eigenvalue weighted by atomic mass is 32.1. The molecule has 1 aliphatic carbocycles. The Morgan fingerprint density at radius 1 is 1.29 bits per heavy atom. The summed E-state index contributed by atoms with van der Waals surface area (Å²) in [6.07, 6.45) is 3.30. The van der Waals surface area contributed by atoms with Gasteiger partial charge in [-0.2, -0.15) is 0 Å². The van der Waals surface area contributed by atoms with E-state index in [9.17, 15) is 4.79 Å². The lowest BCUT2D eigenvalue weighted by atomic mass is 9.89. The van der Waals surface area contributed by atoms with Gasteiger partial charge in [0.15, 0.2) is 0 Å². The summed E-state index contributed by atoms with van der Waals surface area (Å²) in [5.74, 6) is 2.52. The van der Waals surface area contributed by atoms with E-state index in [-0.39, 0.29) is 5.91 Å². The molecule has 7 heteroatoms. The fraction of sp³-hybridized carbons (Fsp3) is 0.588. The average molecular weight is 343 g/mol. The number of aromatic nitrogens is 3. The van der Waals surface area contributed by atoms with Gasteiger partial charge in [-0.05, 0) is 36.6 Å². The lowest BCUT2D eigenvalue weighted by Crippen LogP contribution is -2.31. The molecule has 1 saturated carbocycles. The third-order valence-corrected chi connectivity index (χ3v) is 6.29. The van der Waals surface area contributed by atoms with Crippen LogP contribution in [0.5, 0.6) is 0 Å². The van der Waals surface area contributed by atoms with E-state index in [2.05, 4.69) is 42.5 Å². The average Bonchev–Trinajstić information content (AvgIpc) is 3.01. The van der Waals surface area contributed by atoms with Crippen LogP contribution in [0.15, 0.2) is 17.5 Å². The van der Waals surface area contributed by atoms with Crippen LogP contribution in [-0.4, -0.2) is 44.7 Å². The summed E-state index contributed by atoms with van der Waals surface area (Å²) >= 11 is 1.82. The zero-order valence-corrected chi connectivity index (χ0v) is 14.3. The number of hydrogen-bond donors (Lipinski definition) is 1. The molecule has 1 saturated heterocycles. The summed E-state index contributed by atoms with van der Waals surface area (Å²) in [7, 11) is 0. The van der Waals surface area contributed by atoms with Crippen molar-refractivity contribution >= 4 is 17.2 Å². The number of likely N-dealkylation sites (tertiary alicyclic amines) is 1. The highest BCUT2D eigenvalue weighted by molar-refractivity contribution is 7.09. The second-order valence-electron chi connectivity index (χ2n) is 7.21. The van der Waals surface area contributed by atoms with Crippen LogP contribution in [0.4, 0.5) is 0 Å². The van der Waals surface area contributed by atoms with Crippen molar-refractivity contribution in [2.24, 2.45) is 5.92 Å². The number of hydrogen-bond acceptors (Lipinski definition) is 5. The van der Waals surface area contributed by atoms with Gasteiger partial charge >= 0.3 is 0 Å². The normalized spacial score (nSPS) is 26.2. The van der Waals surface area contributed by atoms with Crippen LogP contribution in [0.3, 0.4) is 0 Å². The highest BCUT2D eigenvalue weighted by Gasteiger charge is 2.41. The molecule has 6 nitrogen and oxygen atoms in total. The molecule has 0 radical (unpaired) electrons. The van der Waals surface area contributed by atoms with Gasteiger partial charge in [-0.25, -0.2) is 0 Å². The summed E-state index contributed by atoms with van der Waals surface area (Å²) in [6, 6.07) is 4.68. The maximum absolute atomic E-state index is 12.4. The maximum atomic E-state index is 12.4. The zero-order chi connectivity index (χ0) is 16.1. The summed E-state index contributed by atoms with van der Waals surface area (Å²) in [5, 5.41) is 13.8. The third-order valence-electron chi connectivity index (χ3n) is 5.43. The smallest absolute Gasteiger partial charge is 0.289 e. The van der Waals surface area contributed by atoms with E-state index in [0.29, 0.717) is 23.7 Å². The third kappa shape index (κ3) is 2.56. The predicted molar refractivity (Wildman–Crippen MR) is 91.0 cm³/mol. The summed E-state index contributed by atoms with van der Waals surface area (Å²) in [5.41, 5.74) is 0. The largest absolute Gasteiger partial charge is 0.347 e. The fourth-order valence-corrected chi connectivity index (χ4v) is 4.79. The number of fused-ring (bicyclic) bond motifs is 3. The van der Waals surface area contributed by atoms with Crippen LogP contribution in [0, 0.1) is 5.92 Å². The molecule has 5 rings (SSSR count). The van der Waals surface area contributed by atoms with Crippen molar-refractivity contribution in [1.29, 1.82) is 0 Å². The van der Waals surface area contributed by atoms with Gasteiger partial charge in [0.05, 0.1) is 0 Å². The van der Waals surface area contributed by atoms with Crippen LogP contribution in [0.2, 0.25) is 0 Å². The number of carbonyl (C=O) groups is 1. The molecule has 126 valence electrons. The van der Waals surface area contributed by atoms with Crippen molar-refractivity contribution in [3.05, 3.63) is 34.0 Å². The molecular weight excluding hydrogens is 322 g/mol. The Bertz CT molecular complexity index is 751. The van der Waals surface area contributed by atoms with Crippen molar-refractivity contribution in [2.45, 2.75) is 44.3 Å². The molecule has 3 aliphatic rings. The van der Waals surface area contributed by atoms with E-state index in [1.165, 1.54) is 4.88 Å². The molecule has 0 spiro atoms. The van der Waals surface area contributed by atoms with Crippen molar-refractivity contribution < 1.29 is 4.79 Å². The standard InChI is InChI=1S/C17H21N5OS/c23-17(18-12-3-4-12)16-20-19-15-14-10-21(9-13-2-1-7-24-13)8-11(14)5-6-22(15)16/h1-2,7,11-12,14H,3-6,8-10H2,(H,18,23)/t11-,14+/m1/s1. The van der Waals surface area contributed by atoms with Crippen LogP contribution >= 0.6 is 11.3 Å². The Morgan fingerprint density at radius 2 is 2.21 bits per heavy atom. The number of nitrogens with zero attached hydrogens (tertiary/aromatic N) is 4. The van der Waals surface area contributed by atoms with Crippen molar-refractivity contribution in [1.82, 2.24) is 25.0 Å². The van der Waals surface area contributed by atoms with E-state index >= 15 is 0 Å². The minimum absolute atomic E-state index is 0.0526. The van der Waals surface area contributed by atoms with E-state index in [1.54, 1.807) is 0 Å². The van der Waals surface area contributed by atoms with Crippen LogP contribution in [0.1, 0.15) is 46.5 Å². The lowest BCUT2D eigenvalue weighted by molar-refractivity contribution is 0.0934. The van der Waals surface area contributed by atoms with E-state index in [1.807, 2.05) is 11.3 Å². The number of rotatable bonds is 4. The van der Waals surface area contributed by atoms with Crippen LogP contribution in [0.25, 0.3) is 0 Å². The molecule has 2 fully saturated rings. The molecule has 0 bridgehead atoms. The van der Waals surface area contributed by atoms with Gasteiger partial charge in [0.1, 0.15) is 5.82 Å². The fourth-order valence-electron chi connectivity index (χ4n) is 4.05. The Hall–Kier alpha value is -1.73. The summed E-state index contributed by atoms with van der Waals surface area (Å²) in [4.78, 5) is 16.3. The topological polar surface area (TPSA) is 63.1 Å². The van der Waals surface area contributed by atoms with Gasteiger partial charge in [0.25, 0.3) is 5.91 Å². The summed E-state index contributed by atoms with van der Waals surface area (Å²) in [6.45, 7) is 4.03. The predicted octanol–water partition coefficient (Wildman–Crippen LogP) is 1.85. The van der Waals surface area contributed by atoms with Crippen LogP contribution < -0.4 is 5.32 Å². The number of amides is 1. The molecule has 24 heavy (non-hydrogen) atoms. The second-order valence-corrected chi connectivity index (χ2v) is 8.24. The monoisotopic (exact) mass is 343 g/mol. The lowest BCUT2D eigenvalue weighted by Gasteiger charge is -2.25. The van der Waals surface area contributed by atoms with Gasteiger partial charge in [-0.3, -0.25) is 9.69 Å². The first-order chi connectivity index (χ1) is 11.8. The van der Waals surface area contributed by atoms with Crippen LogP contribution in [-0.2, 0) is 13.1 Å². The Morgan fingerprint density at radius 3 is 3.00 bits per heavy atom. The van der Waals surface area contributed by atoms with Crippen molar-refractivity contribution in [2.75, 3.05) is 13.1 Å². The molecule has 0 unspecified atom stereocenters. The molecular formula is C17H21N5OS. The van der Waals surface area contributed by atoms with Gasteiger partial charge in [-0.15, -0.1) is 21.5 Å². The first kappa shape index (κ1) is 14.6. The zero-order valence-electron chi connectivity index (χ0n) is 13.5. The SMILES string of the molecule is O=C(NC1CC1)c1nnc2n1CC[C@@H]1CN(Cc3cccs3)C[C@H]21. The molecule has 2 aliphatic heterocycles. The minimum Gasteiger partial charge on any atom is -0.347 e. The molecule has 2 aromatic rings. The Balaban J connectivity index is 1.34. The molecule has 1 amide bonds. The molecule has 4 heterocycles. The number of nitrogens with one attached hydrogen (secondary N) is 1. The van der Waals surface area contributed by atoms with Gasteiger partial charge in [-0.1, -0.05) is 6.07 Å². The Kier molecular flexibility index (Phi) is 3.45. The van der Waals surface area contributed by atoms with Gasteiger partial charge < -0.3 is 9.88 Å². The highest BCUT2D eigenvalue weighted by Crippen LogP contribution is 2.39. The van der Waals surface area contributed by atoms with E-state index in [0.717, 1.165) is 51.3 Å². The van der Waals surface area contributed by atoms with Crippen molar-refractivity contribution in [3.8, 4) is 0 Å².